The maximum absolute atomic E-state index is 10.9. The zero-order chi connectivity index (χ0) is 14.6. The van der Waals surface area contributed by atoms with Gasteiger partial charge in [0.05, 0.1) is 10.6 Å². The highest BCUT2D eigenvalue weighted by atomic mass is 79.9. The van der Waals surface area contributed by atoms with Crippen LogP contribution in [-0.4, -0.2) is 11.0 Å². The SMILES string of the molecule is Cc1cc(Br)c(NC(C)CCC(C)C)cc1[N+](=O)[O-]. The van der Waals surface area contributed by atoms with E-state index in [0.29, 0.717) is 17.5 Å². The molecule has 106 valence electrons. The van der Waals surface area contributed by atoms with Crippen LogP contribution in [0.25, 0.3) is 0 Å². The summed E-state index contributed by atoms with van der Waals surface area (Å²) in [6.07, 6.45) is 2.19. The van der Waals surface area contributed by atoms with Crippen LogP contribution in [0.3, 0.4) is 0 Å². The molecule has 1 unspecified atom stereocenters. The van der Waals surface area contributed by atoms with Crippen LogP contribution in [0.1, 0.15) is 39.2 Å². The zero-order valence-corrected chi connectivity index (χ0v) is 13.5. The van der Waals surface area contributed by atoms with Crippen LogP contribution in [0.2, 0.25) is 0 Å². The fourth-order valence-electron chi connectivity index (χ4n) is 1.89. The molecule has 1 atom stereocenters. The lowest BCUT2D eigenvalue weighted by molar-refractivity contribution is -0.385. The highest BCUT2D eigenvalue weighted by molar-refractivity contribution is 9.10. The first-order valence-corrected chi connectivity index (χ1v) is 7.31. The van der Waals surface area contributed by atoms with Gasteiger partial charge in [0, 0.05) is 22.1 Å². The highest BCUT2D eigenvalue weighted by Gasteiger charge is 2.15. The fraction of sp³-hybridized carbons (Fsp3) is 0.571. The van der Waals surface area contributed by atoms with Gasteiger partial charge in [-0.15, -0.1) is 0 Å². The molecule has 0 fully saturated rings. The Kier molecular flexibility index (Phi) is 5.79. The molecular weight excluding hydrogens is 308 g/mol. The largest absolute Gasteiger partial charge is 0.381 e. The number of hydrogen-bond acceptors (Lipinski definition) is 3. The third kappa shape index (κ3) is 4.82. The Hall–Kier alpha value is -1.10. The summed E-state index contributed by atoms with van der Waals surface area (Å²) in [5.74, 6) is 0.667. The fourth-order valence-corrected chi connectivity index (χ4v) is 2.46. The van der Waals surface area contributed by atoms with Crippen molar-refractivity contribution >= 4 is 27.3 Å². The van der Waals surface area contributed by atoms with Gasteiger partial charge in [-0.3, -0.25) is 10.1 Å². The topological polar surface area (TPSA) is 55.2 Å². The van der Waals surface area contributed by atoms with Gasteiger partial charge >= 0.3 is 0 Å². The van der Waals surface area contributed by atoms with E-state index in [9.17, 15) is 10.1 Å². The number of anilines is 1. The van der Waals surface area contributed by atoms with Crippen molar-refractivity contribution in [2.24, 2.45) is 5.92 Å². The van der Waals surface area contributed by atoms with E-state index in [0.717, 1.165) is 23.0 Å². The summed E-state index contributed by atoms with van der Waals surface area (Å²) in [4.78, 5) is 10.6. The van der Waals surface area contributed by atoms with Crippen molar-refractivity contribution in [3.05, 3.63) is 32.3 Å². The van der Waals surface area contributed by atoms with Gasteiger partial charge in [-0.25, -0.2) is 0 Å². The molecule has 0 heterocycles. The lowest BCUT2D eigenvalue weighted by Crippen LogP contribution is -2.16. The Bertz CT molecular complexity index is 461. The lowest BCUT2D eigenvalue weighted by Gasteiger charge is -2.17. The summed E-state index contributed by atoms with van der Waals surface area (Å²) >= 11 is 3.45. The molecule has 1 aromatic rings. The molecule has 0 amide bonds. The van der Waals surface area contributed by atoms with Crippen molar-refractivity contribution in [3.63, 3.8) is 0 Å². The molecular formula is C14H21BrN2O2. The lowest BCUT2D eigenvalue weighted by atomic mass is 10.0. The van der Waals surface area contributed by atoms with E-state index in [1.165, 1.54) is 0 Å². The number of halogens is 1. The van der Waals surface area contributed by atoms with Crippen LogP contribution >= 0.6 is 15.9 Å². The average Bonchev–Trinajstić information content (AvgIpc) is 2.29. The molecule has 0 saturated heterocycles. The predicted molar refractivity (Wildman–Crippen MR) is 82.7 cm³/mol. The van der Waals surface area contributed by atoms with E-state index in [-0.39, 0.29) is 10.6 Å². The van der Waals surface area contributed by atoms with E-state index in [1.54, 1.807) is 19.1 Å². The normalized spacial score (nSPS) is 12.5. The van der Waals surface area contributed by atoms with Gasteiger partial charge in [0.1, 0.15) is 0 Å². The average molecular weight is 329 g/mol. The Balaban J connectivity index is 2.83. The van der Waals surface area contributed by atoms with Crippen LogP contribution in [0.15, 0.2) is 16.6 Å². The monoisotopic (exact) mass is 328 g/mol. The molecule has 1 rings (SSSR count). The van der Waals surface area contributed by atoms with Gasteiger partial charge in [-0.1, -0.05) is 13.8 Å². The number of nitrogens with one attached hydrogen (secondary N) is 1. The van der Waals surface area contributed by atoms with Crippen LogP contribution < -0.4 is 5.32 Å². The minimum Gasteiger partial charge on any atom is -0.381 e. The summed E-state index contributed by atoms with van der Waals surface area (Å²) in [6.45, 7) is 8.23. The molecule has 4 nitrogen and oxygen atoms in total. The van der Waals surface area contributed by atoms with Gasteiger partial charge in [-0.2, -0.15) is 0 Å². The van der Waals surface area contributed by atoms with Crippen molar-refractivity contribution in [2.45, 2.75) is 46.6 Å². The standard InChI is InChI=1S/C14H21BrN2O2/c1-9(2)5-6-11(4)16-13-8-14(17(18)19)10(3)7-12(13)15/h7-9,11,16H,5-6H2,1-4H3. The molecule has 0 saturated carbocycles. The molecule has 0 spiro atoms. The molecule has 0 radical (unpaired) electrons. The third-order valence-electron chi connectivity index (χ3n) is 3.06. The summed E-state index contributed by atoms with van der Waals surface area (Å²) < 4.78 is 0.868. The van der Waals surface area contributed by atoms with E-state index in [2.05, 4.69) is 42.0 Å². The third-order valence-corrected chi connectivity index (χ3v) is 3.72. The van der Waals surface area contributed by atoms with Crippen molar-refractivity contribution in [2.75, 3.05) is 5.32 Å². The molecule has 1 aromatic carbocycles. The van der Waals surface area contributed by atoms with Crippen LogP contribution in [0.5, 0.6) is 0 Å². The molecule has 5 heteroatoms. The van der Waals surface area contributed by atoms with Gasteiger partial charge in [0.2, 0.25) is 0 Å². The molecule has 1 N–H and O–H groups in total. The van der Waals surface area contributed by atoms with Crippen LogP contribution in [0, 0.1) is 23.0 Å². The quantitative estimate of drug-likeness (QED) is 0.596. The van der Waals surface area contributed by atoms with Crippen molar-refractivity contribution in [1.29, 1.82) is 0 Å². The number of nitro benzene ring substituents is 1. The predicted octanol–water partition coefficient (Wildman–Crippen LogP) is 4.90. The van der Waals surface area contributed by atoms with Crippen LogP contribution in [-0.2, 0) is 0 Å². The number of nitro groups is 1. The van der Waals surface area contributed by atoms with Crippen molar-refractivity contribution in [1.82, 2.24) is 0 Å². The van der Waals surface area contributed by atoms with Crippen molar-refractivity contribution in [3.8, 4) is 0 Å². The second-order valence-corrected chi connectivity index (χ2v) is 6.25. The molecule has 0 aliphatic heterocycles. The molecule has 0 bridgehead atoms. The maximum atomic E-state index is 10.9. The van der Waals surface area contributed by atoms with E-state index >= 15 is 0 Å². The molecule has 0 aromatic heterocycles. The van der Waals surface area contributed by atoms with E-state index in [4.69, 9.17) is 0 Å². The minimum absolute atomic E-state index is 0.154. The molecule has 0 aliphatic rings. The van der Waals surface area contributed by atoms with Gasteiger partial charge in [0.15, 0.2) is 0 Å². The number of benzene rings is 1. The Morgan fingerprint density at radius 1 is 1.32 bits per heavy atom. The Labute approximate surface area is 122 Å². The second kappa shape index (κ2) is 6.89. The van der Waals surface area contributed by atoms with Gasteiger partial charge in [0.25, 0.3) is 5.69 Å². The summed E-state index contributed by atoms with van der Waals surface area (Å²) in [5.41, 5.74) is 1.60. The van der Waals surface area contributed by atoms with Gasteiger partial charge in [-0.05, 0) is 54.6 Å². The van der Waals surface area contributed by atoms with Crippen molar-refractivity contribution < 1.29 is 4.92 Å². The smallest absolute Gasteiger partial charge is 0.274 e. The van der Waals surface area contributed by atoms with Gasteiger partial charge < -0.3 is 5.32 Å². The number of nitrogens with zero attached hydrogens (tertiary/aromatic N) is 1. The summed E-state index contributed by atoms with van der Waals surface area (Å²) in [5, 5.41) is 14.3. The number of rotatable bonds is 6. The Morgan fingerprint density at radius 2 is 1.95 bits per heavy atom. The van der Waals surface area contributed by atoms with E-state index < -0.39 is 0 Å². The number of aryl methyl sites for hydroxylation is 1. The first-order chi connectivity index (χ1) is 8.81. The first-order valence-electron chi connectivity index (χ1n) is 6.52. The second-order valence-electron chi connectivity index (χ2n) is 5.39. The summed E-state index contributed by atoms with van der Waals surface area (Å²) in [7, 11) is 0. The highest BCUT2D eigenvalue weighted by Crippen LogP contribution is 2.31. The summed E-state index contributed by atoms with van der Waals surface area (Å²) in [6, 6.07) is 3.68. The van der Waals surface area contributed by atoms with E-state index in [1.807, 2.05) is 0 Å². The minimum atomic E-state index is -0.342. The first kappa shape index (κ1) is 16.0. The number of hydrogen-bond donors (Lipinski definition) is 1. The molecule has 0 aliphatic carbocycles. The molecule has 19 heavy (non-hydrogen) atoms. The Morgan fingerprint density at radius 3 is 2.47 bits per heavy atom. The maximum Gasteiger partial charge on any atom is 0.274 e. The van der Waals surface area contributed by atoms with Crippen LogP contribution in [0.4, 0.5) is 11.4 Å². The zero-order valence-electron chi connectivity index (χ0n) is 11.9.